The minimum atomic E-state index is 0.324. The molecule has 2 rings (SSSR count). The van der Waals surface area contributed by atoms with Crippen molar-refractivity contribution in [1.82, 2.24) is 0 Å². The molecule has 0 amide bonds. The number of aryl methyl sites for hydroxylation is 1. The van der Waals surface area contributed by atoms with Gasteiger partial charge in [-0.3, -0.25) is 0 Å². The maximum absolute atomic E-state index is 6.13. The first-order chi connectivity index (χ1) is 9.58. The summed E-state index contributed by atoms with van der Waals surface area (Å²) in [5.41, 5.74) is 9.17. The second-order valence-electron chi connectivity index (χ2n) is 6.76. The van der Waals surface area contributed by atoms with Crippen LogP contribution in [0.2, 0.25) is 0 Å². The van der Waals surface area contributed by atoms with Crippen LogP contribution in [0.3, 0.4) is 0 Å². The van der Waals surface area contributed by atoms with Gasteiger partial charge in [-0.1, -0.05) is 38.8 Å². The van der Waals surface area contributed by atoms with Crippen LogP contribution in [0.1, 0.15) is 45.1 Å². The van der Waals surface area contributed by atoms with E-state index in [-0.39, 0.29) is 0 Å². The largest absolute Gasteiger partial charge is 0.374 e. The second-order valence-corrected chi connectivity index (χ2v) is 6.76. The molecule has 1 aromatic rings. The normalized spacial score (nSPS) is 26.5. The van der Waals surface area contributed by atoms with Crippen LogP contribution >= 0.6 is 0 Å². The highest BCUT2D eigenvalue weighted by atomic mass is 15.1. The molecule has 0 aromatic heterocycles. The van der Waals surface area contributed by atoms with Gasteiger partial charge >= 0.3 is 0 Å². The maximum Gasteiger partial charge on any atom is 0.0363 e. The molecule has 0 saturated heterocycles. The molecule has 0 heterocycles. The van der Waals surface area contributed by atoms with Crippen LogP contribution in [0.5, 0.6) is 0 Å². The van der Waals surface area contributed by atoms with Gasteiger partial charge in [0.2, 0.25) is 0 Å². The van der Waals surface area contributed by atoms with E-state index >= 15 is 0 Å². The Morgan fingerprint density at radius 1 is 1.20 bits per heavy atom. The Kier molecular flexibility index (Phi) is 5.09. The Balaban J connectivity index is 2.02. The van der Waals surface area contributed by atoms with E-state index in [4.69, 9.17) is 5.73 Å². The van der Waals surface area contributed by atoms with E-state index < -0.39 is 0 Å². The van der Waals surface area contributed by atoms with E-state index in [0.29, 0.717) is 5.41 Å². The van der Waals surface area contributed by atoms with Crippen molar-refractivity contribution in [3.63, 3.8) is 0 Å². The molecule has 0 atom stereocenters. The Labute approximate surface area is 124 Å². The summed E-state index contributed by atoms with van der Waals surface area (Å²) in [5.74, 6) is 0.879. The fourth-order valence-electron chi connectivity index (χ4n) is 3.38. The minimum Gasteiger partial charge on any atom is -0.374 e. The van der Waals surface area contributed by atoms with Crippen LogP contribution in [0.25, 0.3) is 0 Å². The molecular weight excluding hydrogens is 244 g/mol. The minimum absolute atomic E-state index is 0.324. The highest BCUT2D eigenvalue weighted by Crippen LogP contribution is 2.39. The van der Waals surface area contributed by atoms with Crippen LogP contribution in [0.15, 0.2) is 24.3 Å². The van der Waals surface area contributed by atoms with Crippen molar-refractivity contribution in [2.45, 2.75) is 46.0 Å². The van der Waals surface area contributed by atoms with E-state index in [1.54, 1.807) is 0 Å². The topological polar surface area (TPSA) is 29.3 Å². The quantitative estimate of drug-likeness (QED) is 0.884. The highest BCUT2D eigenvalue weighted by molar-refractivity contribution is 5.47. The third kappa shape index (κ3) is 3.54. The summed E-state index contributed by atoms with van der Waals surface area (Å²) >= 11 is 0. The Hall–Kier alpha value is -1.02. The molecule has 1 saturated carbocycles. The lowest BCUT2D eigenvalue weighted by Crippen LogP contribution is -2.43. The molecule has 2 nitrogen and oxygen atoms in total. The molecular formula is C18H30N2. The number of hydrogen-bond acceptors (Lipinski definition) is 2. The van der Waals surface area contributed by atoms with Crippen molar-refractivity contribution in [2.75, 3.05) is 25.0 Å². The highest BCUT2D eigenvalue weighted by Gasteiger charge is 2.34. The molecule has 1 fully saturated rings. The number of anilines is 1. The second kappa shape index (κ2) is 6.62. The molecule has 0 aliphatic heterocycles. The molecule has 1 aliphatic rings. The fourth-order valence-corrected chi connectivity index (χ4v) is 3.38. The fraction of sp³-hybridized carbons (Fsp3) is 0.667. The number of nitrogens with zero attached hydrogens (tertiary/aromatic N) is 1. The van der Waals surface area contributed by atoms with E-state index in [9.17, 15) is 0 Å². The van der Waals surface area contributed by atoms with Gasteiger partial charge in [0.25, 0.3) is 0 Å². The Morgan fingerprint density at radius 2 is 1.80 bits per heavy atom. The zero-order valence-corrected chi connectivity index (χ0v) is 13.4. The van der Waals surface area contributed by atoms with Crippen LogP contribution in [-0.2, 0) is 6.42 Å². The number of rotatable bonds is 5. The average Bonchev–Trinajstić information content (AvgIpc) is 2.50. The predicted molar refractivity (Wildman–Crippen MR) is 88.2 cm³/mol. The zero-order chi connectivity index (χ0) is 14.6. The Bertz CT molecular complexity index is 402. The molecule has 1 aliphatic carbocycles. The summed E-state index contributed by atoms with van der Waals surface area (Å²) in [6.45, 7) is 6.47. The third-order valence-electron chi connectivity index (χ3n) is 5.13. The zero-order valence-electron chi connectivity index (χ0n) is 13.4. The van der Waals surface area contributed by atoms with Crippen LogP contribution in [-0.4, -0.2) is 20.1 Å². The number of nitrogens with two attached hydrogens (primary N) is 1. The van der Waals surface area contributed by atoms with Crippen molar-refractivity contribution >= 4 is 5.69 Å². The van der Waals surface area contributed by atoms with Crippen molar-refractivity contribution in [3.05, 3.63) is 29.8 Å². The summed E-state index contributed by atoms with van der Waals surface area (Å²) in [6.07, 6.45) is 6.33. The molecule has 0 bridgehead atoms. The third-order valence-corrected chi connectivity index (χ3v) is 5.13. The smallest absolute Gasteiger partial charge is 0.0363 e. The van der Waals surface area contributed by atoms with Gasteiger partial charge in [-0.25, -0.2) is 0 Å². The van der Waals surface area contributed by atoms with E-state index in [1.165, 1.54) is 36.9 Å². The molecule has 112 valence electrons. The summed E-state index contributed by atoms with van der Waals surface area (Å²) in [6, 6.07) is 8.97. The predicted octanol–water partition coefficient (Wildman–Crippen LogP) is 3.84. The lowest BCUT2D eigenvalue weighted by atomic mass is 9.70. The van der Waals surface area contributed by atoms with Crippen LogP contribution < -0.4 is 10.6 Å². The summed E-state index contributed by atoms with van der Waals surface area (Å²) in [5, 5.41) is 0. The van der Waals surface area contributed by atoms with E-state index in [1.807, 2.05) is 0 Å². The standard InChI is InChI=1S/C18H30N2/c1-4-16-5-7-17(8-6-16)20(3)14-18(13-19)11-9-15(2)10-12-18/h5-8,15H,4,9-14,19H2,1-3H3. The van der Waals surface area contributed by atoms with Gasteiger partial charge in [0.15, 0.2) is 0 Å². The number of benzene rings is 1. The maximum atomic E-state index is 6.13. The van der Waals surface area contributed by atoms with Gasteiger partial charge in [0.05, 0.1) is 0 Å². The van der Waals surface area contributed by atoms with Gasteiger partial charge in [-0.05, 0) is 49.4 Å². The first kappa shape index (κ1) is 15.4. The average molecular weight is 274 g/mol. The lowest BCUT2D eigenvalue weighted by molar-refractivity contribution is 0.171. The van der Waals surface area contributed by atoms with Gasteiger partial charge in [0, 0.05) is 24.7 Å². The van der Waals surface area contributed by atoms with Crippen molar-refractivity contribution < 1.29 is 0 Å². The number of hydrogen-bond donors (Lipinski definition) is 1. The summed E-state index contributed by atoms with van der Waals surface area (Å²) < 4.78 is 0. The SMILES string of the molecule is CCc1ccc(N(C)CC2(CN)CCC(C)CC2)cc1. The monoisotopic (exact) mass is 274 g/mol. The van der Waals surface area contributed by atoms with Gasteiger partial charge in [-0.15, -0.1) is 0 Å². The molecule has 2 N–H and O–H groups in total. The van der Waals surface area contributed by atoms with Crippen LogP contribution in [0, 0.1) is 11.3 Å². The molecule has 20 heavy (non-hydrogen) atoms. The summed E-state index contributed by atoms with van der Waals surface area (Å²) in [7, 11) is 2.20. The van der Waals surface area contributed by atoms with Crippen molar-refractivity contribution in [2.24, 2.45) is 17.1 Å². The Morgan fingerprint density at radius 3 is 2.30 bits per heavy atom. The molecule has 1 aromatic carbocycles. The van der Waals surface area contributed by atoms with Crippen molar-refractivity contribution in [1.29, 1.82) is 0 Å². The molecule has 0 spiro atoms. The van der Waals surface area contributed by atoms with Crippen LogP contribution in [0.4, 0.5) is 5.69 Å². The van der Waals surface area contributed by atoms with E-state index in [0.717, 1.165) is 25.4 Å². The molecule has 0 unspecified atom stereocenters. The molecule has 2 heteroatoms. The lowest BCUT2D eigenvalue weighted by Gasteiger charge is -2.41. The van der Waals surface area contributed by atoms with Gasteiger partial charge in [-0.2, -0.15) is 0 Å². The van der Waals surface area contributed by atoms with Gasteiger partial charge in [0.1, 0.15) is 0 Å². The first-order valence-electron chi connectivity index (χ1n) is 8.09. The van der Waals surface area contributed by atoms with Gasteiger partial charge < -0.3 is 10.6 Å². The molecule has 0 radical (unpaired) electrons. The summed E-state index contributed by atoms with van der Waals surface area (Å²) in [4.78, 5) is 2.39. The van der Waals surface area contributed by atoms with Crippen molar-refractivity contribution in [3.8, 4) is 0 Å². The van der Waals surface area contributed by atoms with E-state index in [2.05, 4.69) is 50.1 Å². The first-order valence-corrected chi connectivity index (χ1v) is 8.09.